The van der Waals surface area contributed by atoms with Gasteiger partial charge in [-0.3, -0.25) is 14.3 Å². The first kappa shape index (κ1) is 17.6. The number of nitrogens with zero attached hydrogens (tertiary/aromatic N) is 3. The number of aryl methyl sites for hydroxylation is 1. The number of phenols is 1. The lowest BCUT2D eigenvalue weighted by Crippen LogP contribution is -2.43. The Labute approximate surface area is 158 Å². The second kappa shape index (κ2) is 7.06. The van der Waals surface area contributed by atoms with E-state index in [1.165, 1.54) is 6.07 Å². The summed E-state index contributed by atoms with van der Waals surface area (Å²) in [6.45, 7) is 4.07. The van der Waals surface area contributed by atoms with Gasteiger partial charge >= 0.3 is 0 Å². The number of aromatic hydroxyl groups is 1. The topological polar surface area (TPSA) is 87.5 Å². The van der Waals surface area contributed by atoms with E-state index in [9.17, 15) is 14.7 Å². The predicted octanol–water partition coefficient (Wildman–Crippen LogP) is 1.97. The van der Waals surface area contributed by atoms with Gasteiger partial charge in [-0.1, -0.05) is 6.42 Å². The van der Waals surface area contributed by atoms with Crippen LogP contribution >= 0.6 is 0 Å². The van der Waals surface area contributed by atoms with Gasteiger partial charge < -0.3 is 15.3 Å². The molecule has 2 amide bonds. The van der Waals surface area contributed by atoms with Crippen LogP contribution in [0.2, 0.25) is 0 Å². The Hall–Kier alpha value is -2.83. The molecule has 1 fully saturated rings. The maximum absolute atomic E-state index is 12.4. The van der Waals surface area contributed by atoms with Crippen LogP contribution in [0.3, 0.4) is 0 Å². The number of aromatic nitrogens is 2. The molecule has 2 aliphatic rings. The summed E-state index contributed by atoms with van der Waals surface area (Å²) in [5, 5.41) is 17.0. The van der Waals surface area contributed by atoms with E-state index in [1.54, 1.807) is 19.1 Å². The van der Waals surface area contributed by atoms with Crippen LogP contribution in [0.15, 0.2) is 24.3 Å². The molecule has 1 aromatic carbocycles. The number of amides is 2. The Morgan fingerprint density at radius 1 is 1.26 bits per heavy atom. The van der Waals surface area contributed by atoms with Crippen molar-refractivity contribution in [3.8, 4) is 5.75 Å². The minimum absolute atomic E-state index is 0.175. The summed E-state index contributed by atoms with van der Waals surface area (Å²) in [7, 11) is 0. The summed E-state index contributed by atoms with van der Waals surface area (Å²) in [4.78, 5) is 26.7. The summed E-state index contributed by atoms with van der Waals surface area (Å²) in [6, 6.07) is 6.74. The molecule has 2 N–H and O–H groups in total. The fraction of sp³-hybridized carbons (Fsp3) is 0.450. The van der Waals surface area contributed by atoms with Crippen molar-refractivity contribution in [1.29, 1.82) is 0 Å². The molecule has 0 spiro atoms. The van der Waals surface area contributed by atoms with Gasteiger partial charge in [0.1, 0.15) is 5.75 Å². The van der Waals surface area contributed by atoms with Gasteiger partial charge in [0, 0.05) is 18.0 Å². The smallest absolute Gasteiger partial charge is 0.251 e. The van der Waals surface area contributed by atoms with Crippen molar-refractivity contribution in [2.45, 2.75) is 45.8 Å². The van der Waals surface area contributed by atoms with Gasteiger partial charge in [0.05, 0.1) is 31.0 Å². The van der Waals surface area contributed by atoms with Crippen molar-refractivity contribution in [3.63, 3.8) is 0 Å². The van der Waals surface area contributed by atoms with Crippen molar-refractivity contribution >= 4 is 11.8 Å². The lowest BCUT2D eigenvalue weighted by molar-refractivity contribution is -0.139. The second-order valence-electron chi connectivity index (χ2n) is 7.42. The predicted molar refractivity (Wildman–Crippen MR) is 99.0 cm³/mol. The normalized spacial score (nSPS) is 16.6. The molecule has 1 saturated carbocycles. The van der Waals surface area contributed by atoms with Crippen LogP contribution in [0, 0.1) is 12.8 Å². The zero-order chi connectivity index (χ0) is 19.0. The minimum atomic E-state index is -0.203. The van der Waals surface area contributed by atoms with Gasteiger partial charge in [-0.25, -0.2) is 0 Å². The molecule has 0 radical (unpaired) electrons. The fourth-order valence-electron chi connectivity index (χ4n) is 3.58. The third-order valence-electron chi connectivity index (χ3n) is 5.50. The minimum Gasteiger partial charge on any atom is -0.508 e. The number of rotatable bonds is 4. The Morgan fingerprint density at radius 2 is 2.07 bits per heavy atom. The van der Waals surface area contributed by atoms with Gasteiger partial charge in [0.2, 0.25) is 5.91 Å². The molecule has 4 rings (SSSR count). The summed E-state index contributed by atoms with van der Waals surface area (Å²) in [5.74, 6) is 0.457. The Balaban J connectivity index is 1.37. The summed E-state index contributed by atoms with van der Waals surface area (Å²) < 4.78 is 1.93. The lowest BCUT2D eigenvalue weighted by Gasteiger charge is -2.34. The van der Waals surface area contributed by atoms with Crippen LogP contribution in [0.5, 0.6) is 5.75 Å². The number of phenolic OH excluding ortho intramolecular Hbond substituents is 1. The van der Waals surface area contributed by atoms with E-state index < -0.39 is 0 Å². The highest BCUT2D eigenvalue weighted by Gasteiger charge is 2.31. The third-order valence-corrected chi connectivity index (χ3v) is 5.50. The van der Waals surface area contributed by atoms with Gasteiger partial charge in [-0.15, -0.1) is 0 Å². The average Bonchev–Trinajstić information content (AvgIpc) is 3.02. The number of hydrogen-bond donors (Lipinski definition) is 2. The maximum Gasteiger partial charge on any atom is 0.251 e. The monoisotopic (exact) mass is 368 g/mol. The summed E-state index contributed by atoms with van der Waals surface area (Å²) >= 11 is 0. The fourth-order valence-corrected chi connectivity index (χ4v) is 3.58. The standard InChI is InChI=1S/C20H24N4O3/c1-13-9-15(5-6-18(13)25)19(26)21-11-16-10-17-12-23(7-8-24(17)22-16)20(27)14-3-2-4-14/h5-6,9-10,14,25H,2-4,7-8,11-12H2,1H3,(H,21,26). The largest absolute Gasteiger partial charge is 0.508 e. The first-order chi connectivity index (χ1) is 13.0. The molecule has 1 aromatic heterocycles. The van der Waals surface area contributed by atoms with Crippen LogP contribution in [-0.2, 0) is 24.4 Å². The number of benzene rings is 1. The number of hydrogen-bond acceptors (Lipinski definition) is 4. The van der Waals surface area contributed by atoms with Crippen molar-refractivity contribution in [2.24, 2.45) is 5.92 Å². The summed E-state index contributed by atoms with van der Waals surface area (Å²) in [6.07, 6.45) is 3.19. The number of carbonyl (C=O) groups is 2. The van der Waals surface area contributed by atoms with Crippen molar-refractivity contribution in [2.75, 3.05) is 6.54 Å². The SMILES string of the molecule is Cc1cc(C(=O)NCc2cc3n(n2)CCN(C(=O)C2CCC2)C3)ccc1O. The Kier molecular flexibility index (Phi) is 4.59. The van der Waals surface area contributed by atoms with Crippen LogP contribution in [0.4, 0.5) is 0 Å². The molecule has 2 heterocycles. The zero-order valence-corrected chi connectivity index (χ0v) is 15.4. The van der Waals surface area contributed by atoms with Crippen molar-refractivity contribution in [3.05, 3.63) is 46.8 Å². The molecule has 7 nitrogen and oxygen atoms in total. The molecule has 2 aromatic rings. The van der Waals surface area contributed by atoms with E-state index in [-0.39, 0.29) is 23.5 Å². The number of nitrogens with one attached hydrogen (secondary N) is 1. The van der Waals surface area contributed by atoms with E-state index in [4.69, 9.17) is 0 Å². The quantitative estimate of drug-likeness (QED) is 0.864. The number of fused-ring (bicyclic) bond motifs is 1. The van der Waals surface area contributed by atoms with Crippen LogP contribution in [-0.4, -0.2) is 38.1 Å². The average molecular weight is 368 g/mol. The van der Waals surface area contributed by atoms with Crippen molar-refractivity contribution < 1.29 is 14.7 Å². The molecule has 1 aliphatic carbocycles. The summed E-state index contributed by atoms with van der Waals surface area (Å²) in [5.41, 5.74) is 2.97. The van der Waals surface area contributed by atoms with Gasteiger partial charge in [-0.2, -0.15) is 5.10 Å². The molecular formula is C20H24N4O3. The molecule has 0 saturated heterocycles. The Morgan fingerprint density at radius 3 is 2.78 bits per heavy atom. The highest BCUT2D eigenvalue weighted by atomic mass is 16.3. The second-order valence-corrected chi connectivity index (χ2v) is 7.42. The molecule has 0 unspecified atom stereocenters. The molecule has 0 bridgehead atoms. The van der Waals surface area contributed by atoms with Crippen LogP contribution in [0.25, 0.3) is 0 Å². The lowest BCUT2D eigenvalue weighted by atomic mass is 9.84. The molecule has 142 valence electrons. The Bertz CT molecular complexity index is 885. The van der Waals surface area contributed by atoms with Crippen LogP contribution in [0.1, 0.15) is 46.6 Å². The van der Waals surface area contributed by atoms with E-state index in [2.05, 4.69) is 10.4 Å². The van der Waals surface area contributed by atoms with Gasteiger partial charge in [0.25, 0.3) is 5.91 Å². The van der Waals surface area contributed by atoms with Gasteiger partial charge in [-0.05, 0) is 49.6 Å². The van der Waals surface area contributed by atoms with E-state index in [1.807, 2.05) is 15.6 Å². The first-order valence-electron chi connectivity index (χ1n) is 9.43. The highest BCUT2D eigenvalue weighted by Crippen LogP contribution is 2.29. The van der Waals surface area contributed by atoms with E-state index in [0.717, 1.165) is 30.7 Å². The zero-order valence-electron chi connectivity index (χ0n) is 15.4. The highest BCUT2D eigenvalue weighted by molar-refractivity contribution is 5.94. The van der Waals surface area contributed by atoms with Crippen LogP contribution < -0.4 is 5.32 Å². The first-order valence-corrected chi connectivity index (χ1v) is 9.43. The molecule has 0 atom stereocenters. The van der Waals surface area contributed by atoms with E-state index in [0.29, 0.717) is 37.3 Å². The molecular weight excluding hydrogens is 344 g/mol. The maximum atomic E-state index is 12.4. The number of carbonyl (C=O) groups excluding carboxylic acids is 2. The molecule has 1 aliphatic heterocycles. The molecule has 7 heteroatoms. The van der Waals surface area contributed by atoms with E-state index >= 15 is 0 Å². The molecule has 27 heavy (non-hydrogen) atoms. The van der Waals surface area contributed by atoms with Gasteiger partial charge in [0.15, 0.2) is 0 Å². The third kappa shape index (κ3) is 3.54. The van der Waals surface area contributed by atoms with Crippen molar-refractivity contribution in [1.82, 2.24) is 20.0 Å².